The second-order valence-corrected chi connectivity index (χ2v) is 11.1. The molecule has 2 atom stereocenters. The summed E-state index contributed by atoms with van der Waals surface area (Å²) in [5.74, 6) is -2.21. The van der Waals surface area contributed by atoms with Crippen molar-refractivity contribution in [3.63, 3.8) is 0 Å². The number of methoxy groups -OCH3 is 2. The molecule has 3 aliphatic heterocycles. The zero-order valence-corrected chi connectivity index (χ0v) is 24.0. The van der Waals surface area contributed by atoms with Crippen LogP contribution in [0.5, 0.6) is 11.5 Å². The molecular weight excluding hydrogens is 612 g/mol. The van der Waals surface area contributed by atoms with Gasteiger partial charge in [0.05, 0.1) is 26.0 Å². The molecule has 0 aliphatic carbocycles. The van der Waals surface area contributed by atoms with Gasteiger partial charge >= 0.3 is 12.1 Å². The molecule has 45 heavy (non-hydrogen) atoms. The summed E-state index contributed by atoms with van der Waals surface area (Å²) in [4.78, 5) is 23.4. The molecule has 1 aromatic heterocycles. The predicted molar refractivity (Wildman–Crippen MR) is 148 cm³/mol. The van der Waals surface area contributed by atoms with E-state index in [1.165, 1.54) is 31.0 Å². The SMILES string of the molecule is COc1ccc(C2CC(C(F)F)n3nc(-c4ccc(C(=O)N5CC6(CNC6)C5)cc4F)cc3N2)cc1OC.O=C(O)C(F)(F)F. The standard InChI is InChI=1S/C27H28F3N5O3.C2HF3O2/c1-37-22-6-4-15(8-23(22)38-2)19-9-21(25(29)30)35-24(32-19)10-20(33-35)17-5-3-16(7-18(17)28)26(36)34-13-27(14-34)11-31-12-27;3-2(4,5)1(6)7/h3-8,10,19,21,25,31-32H,9,11-14H2,1-2H3;(H,6,7). The van der Waals surface area contributed by atoms with Gasteiger partial charge in [0, 0.05) is 48.8 Å². The van der Waals surface area contributed by atoms with Gasteiger partial charge in [0.2, 0.25) is 0 Å². The topological polar surface area (TPSA) is 118 Å². The minimum Gasteiger partial charge on any atom is -0.493 e. The molecule has 2 fully saturated rings. The summed E-state index contributed by atoms with van der Waals surface area (Å²) in [6.07, 6.45) is -7.69. The first kappa shape index (κ1) is 31.9. The highest BCUT2D eigenvalue weighted by molar-refractivity contribution is 5.95. The van der Waals surface area contributed by atoms with Crippen LogP contribution in [0, 0.1) is 11.2 Å². The molecule has 2 aromatic carbocycles. The molecule has 6 rings (SSSR count). The molecule has 3 aromatic rings. The van der Waals surface area contributed by atoms with Crippen molar-refractivity contribution in [2.24, 2.45) is 5.41 Å². The van der Waals surface area contributed by atoms with Crippen LogP contribution in [0.2, 0.25) is 0 Å². The van der Waals surface area contributed by atoms with Gasteiger partial charge in [-0.3, -0.25) is 4.79 Å². The molecule has 0 radical (unpaired) electrons. The number of hydrogen-bond acceptors (Lipinski definition) is 7. The molecule has 4 heterocycles. The lowest BCUT2D eigenvalue weighted by atomic mass is 9.74. The highest BCUT2D eigenvalue weighted by atomic mass is 19.4. The summed E-state index contributed by atoms with van der Waals surface area (Å²) in [7, 11) is 3.04. The largest absolute Gasteiger partial charge is 0.493 e. The number of alkyl halides is 5. The molecule has 2 saturated heterocycles. The fourth-order valence-corrected chi connectivity index (χ4v) is 5.61. The number of hydrogen-bond donors (Lipinski definition) is 3. The quantitative estimate of drug-likeness (QED) is 0.331. The first-order chi connectivity index (χ1) is 21.2. The molecule has 10 nitrogen and oxygen atoms in total. The van der Waals surface area contributed by atoms with Crippen LogP contribution in [0.25, 0.3) is 11.3 Å². The van der Waals surface area contributed by atoms with Crippen LogP contribution in [0.1, 0.15) is 34.4 Å². The Kier molecular flexibility index (Phi) is 8.62. The van der Waals surface area contributed by atoms with Gasteiger partial charge in [-0.25, -0.2) is 22.6 Å². The Balaban J connectivity index is 0.000000515. The second kappa shape index (κ2) is 12.1. The molecule has 1 spiro atoms. The van der Waals surface area contributed by atoms with E-state index in [0.717, 1.165) is 18.7 Å². The number of carbonyl (C=O) groups is 2. The lowest BCUT2D eigenvalue weighted by molar-refractivity contribution is -0.192. The smallest absolute Gasteiger partial charge is 0.490 e. The highest BCUT2D eigenvalue weighted by Gasteiger charge is 2.49. The van der Waals surface area contributed by atoms with Crippen LogP contribution < -0.4 is 20.1 Å². The summed E-state index contributed by atoms with van der Waals surface area (Å²) in [6.45, 7) is 3.13. The van der Waals surface area contributed by atoms with E-state index < -0.39 is 36.5 Å². The highest BCUT2D eigenvalue weighted by Crippen LogP contribution is 2.42. The van der Waals surface area contributed by atoms with E-state index in [4.69, 9.17) is 19.4 Å². The Morgan fingerprint density at radius 1 is 1.04 bits per heavy atom. The first-order valence-corrected chi connectivity index (χ1v) is 13.7. The summed E-state index contributed by atoms with van der Waals surface area (Å²) in [6, 6.07) is 9.44. The Morgan fingerprint density at radius 2 is 1.71 bits per heavy atom. The van der Waals surface area contributed by atoms with Gasteiger partial charge in [-0.2, -0.15) is 18.3 Å². The van der Waals surface area contributed by atoms with Gasteiger partial charge in [0.15, 0.2) is 11.5 Å². The molecule has 2 unspecified atom stereocenters. The maximum Gasteiger partial charge on any atom is 0.490 e. The van der Waals surface area contributed by atoms with E-state index in [2.05, 4.69) is 15.7 Å². The number of nitrogens with one attached hydrogen (secondary N) is 2. The number of carboxylic acid groups (broad SMARTS) is 1. The Morgan fingerprint density at radius 3 is 2.24 bits per heavy atom. The number of halogens is 6. The molecule has 16 heteroatoms. The van der Waals surface area contributed by atoms with Crippen molar-refractivity contribution in [3.8, 4) is 22.8 Å². The van der Waals surface area contributed by atoms with Crippen LogP contribution in [0.4, 0.5) is 32.2 Å². The van der Waals surface area contributed by atoms with Gasteiger partial charge in [0.1, 0.15) is 17.7 Å². The van der Waals surface area contributed by atoms with E-state index in [1.807, 2.05) is 0 Å². The summed E-state index contributed by atoms with van der Waals surface area (Å²) in [5.41, 5.74) is 1.54. The Labute approximate surface area is 252 Å². The fraction of sp³-hybridized carbons (Fsp3) is 0.414. The van der Waals surface area contributed by atoms with E-state index >= 15 is 4.39 Å². The zero-order valence-electron chi connectivity index (χ0n) is 24.0. The third-order valence-corrected chi connectivity index (χ3v) is 8.02. The van der Waals surface area contributed by atoms with Crippen LogP contribution in [0.3, 0.4) is 0 Å². The number of carbonyl (C=O) groups excluding carboxylic acids is 1. The number of benzene rings is 2. The number of fused-ring (bicyclic) bond motifs is 1. The minimum atomic E-state index is -5.08. The normalized spacial score (nSPS) is 19.8. The maximum absolute atomic E-state index is 15.2. The van der Waals surface area contributed by atoms with Crippen molar-refractivity contribution in [2.75, 3.05) is 45.7 Å². The zero-order chi connectivity index (χ0) is 32.7. The number of carboxylic acids is 1. The van der Waals surface area contributed by atoms with Crippen molar-refractivity contribution in [2.45, 2.75) is 31.1 Å². The van der Waals surface area contributed by atoms with Gasteiger partial charge < -0.3 is 30.1 Å². The number of ether oxygens (including phenoxy) is 2. The van der Waals surface area contributed by atoms with Crippen molar-refractivity contribution >= 4 is 17.7 Å². The van der Waals surface area contributed by atoms with Gasteiger partial charge in [-0.15, -0.1) is 0 Å². The lowest BCUT2D eigenvalue weighted by Crippen LogP contribution is -2.71. The average molecular weight is 642 g/mol. The Bertz CT molecular complexity index is 1580. The van der Waals surface area contributed by atoms with Crippen molar-refractivity contribution in [3.05, 3.63) is 59.4 Å². The molecule has 1 amide bonds. The third kappa shape index (κ3) is 6.36. The number of rotatable bonds is 6. The molecule has 242 valence electrons. The summed E-state index contributed by atoms with van der Waals surface area (Å²) < 4.78 is 87.1. The van der Waals surface area contributed by atoms with Crippen LogP contribution in [-0.4, -0.2) is 84.7 Å². The molecule has 3 aliphatic rings. The Hall–Kier alpha value is -4.47. The molecule has 0 saturated carbocycles. The van der Waals surface area contributed by atoms with Crippen LogP contribution in [0.15, 0.2) is 42.5 Å². The van der Waals surface area contributed by atoms with E-state index in [9.17, 15) is 26.7 Å². The van der Waals surface area contributed by atoms with Gasteiger partial charge in [-0.1, -0.05) is 6.07 Å². The minimum absolute atomic E-state index is 0.0734. The number of anilines is 1. The third-order valence-electron chi connectivity index (χ3n) is 8.02. The lowest BCUT2D eigenvalue weighted by Gasteiger charge is -2.56. The fourth-order valence-electron chi connectivity index (χ4n) is 5.61. The summed E-state index contributed by atoms with van der Waals surface area (Å²) in [5, 5.41) is 17.9. The predicted octanol–water partition coefficient (Wildman–Crippen LogP) is 4.75. The van der Waals surface area contributed by atoms with Gasteiger partial charge in [0.25, 0.3) is 12.3 Å². The number of likely N-dealkylation sites (tertiary alicyclic amines) is 1. The van der Waals surface area contributed by atoms with E-state index in [-0.39, 0.29) is 34.6 Å². The van der Waals surface area contributed by atoms with E-state index in [1.54, 1.807) is 35.2 Å². The number of amides is 1. The first-order valence-electron chi connectivity index (χ1n) is 13.7. The van der Waals surface area contributed by atoms with Crippen molar-refractivity contribution < 1.29 is 50.5 Å². The number of aromatic nitrogens is 2. The van der Waals surface area contributed by atoms with Crippen LogP contribution in [-0.2, 0) is 4.79 Å². The molecular formula is C29H29F6N5O5. The van der Waals surface area contributed by atoms with Crippen molar-refractivity contribution in [1.82, 2.24) is 20.0 Å². The monoisotopic (exact) mass is 641 g/mol. The maximum atomic E-state index is 15.2. The van der Waals surface area contributed by atoms with Crippen LogP contribution >= 0.6 is 0 Å². The molecule has 3 N–H and O–H groups in total. The summed E-state index contributed by atoms with van der Waals surface area (Å²) >= 11 is 0. The van der Waals surface area contributed by atoms with Crippen molar-refractivity contribution in [1.29, 1.82) is 0 Å². The number of nitrogens with zero attached hydrogens (tertiary/aromatic N) is 3. The molecule has 0 bridgehead atoms. The van der Waals surface area contributed by atoms with E-state index in [0.29, 0.717) is 30.4 Å². The second-order valence-electron chi connectivity index (χ2n) is 11.1. The average Bonchev–Trinajstić information content (AvgIpc) is 3.38. The van der Waals surface area contributed by atoms with Gasteiger partial charge in [-0.05, 0) is 42.3 Å². The number of aliphatic carboxylic acids is 1.